The normalized spacial score (nSPS) is 27.0. The van der Waals surface area contributed by atoms with E-state index in [9.17, 15) is 4.79 Å². The summed E-state index contributed by atoms with van der Waals surface area (Å²) in [6.45, 7) is 3.26. The molecule has 4 rings (SSSR count). The van der Waals surface area contributed by atoms with Gasteiger partial charge < -0.3 is 0 Å². The van der Waals surface area contributed by atoms with Crippen molar-refractivity contribution in [3.8, 4) is 0 Å². The molecule has 1 aliphatic heterocycles. The Hall–Kier alpha value is -1.93. The minimum atomic E-state index is 0.266. The maximum absolute atomic E-state index is 12.1. The Morgan fingerprint density at radius 1 is 0.960 bits per heavy atom. The number of likely N-dealkylation sites (tertiary alicyclic amines) is 1. The summed E-state index contributed by atoms with van der Waals surface area (Å²) in [5.74, 6) is 1.03. The molecule has 2 aromatic carbocycles. The minimum Gasteiger partial charge on any atom is -0.300 e. The van der Waals surface area contributed by atoms with Crippen LogP contribution in [0.25, 0.3) is 0 Å². The van der Waals surface area contributed by atoms with Crippen molar-refractivity contribution in [3.63, 3.8) is 0 Å². The number of Topliss-reactive ketones (excluding diaryl/α,β-unsaturated/α-hetero) is 1. The number of fused-ring (bicyclic) bond motifs is 1. The third kappa shape index (κ3) is 3.69. The van der Waals surface area contributed by atoms with Crippen molar-refractivity contribution in [3.05, 3.63) is 71.8 Å². The third-order valence-electron chi connectivity index (χ3n) is 6.22. The molecule has 0 spiro atoms. The number of nitrogens with zero attached hydrogens (tertiary/aromatic N) is 1. The summed E-state index contributed by atoms with van der Waals surface area (Å²) >= 11 is 0. The molecule has 0 amide bonds. The van der Waals surface area contributed by atoms with Gasteiger partial charge in [-0.1, -0.05) is 60.7 Å². The van der Waals surface area contributed by atoms with Crippen molar-refractivity contribution < 1.29 is 4.79 Å². The SMILES string of the molecule is O=C1CCC2(Cc3ccccc3)CN(Cc3ccccc3)CC[C@H]2C1. The van der Waals surface area contributed by atoms with Crippen LogP contribution in [-0.2, 0) is 17.8 Å². The molecule has 0 bridgehead atoms. The first-order valence-corrected chi connectivity index (χ1v) is 9.55. The first kappa shape index (κ1) is 16.5. The molecule has 25 heavy (non-hydrogen) atoms. The van der Waals surface area contributed by atoms with Gasteiger partial charge in [-0.3, -0.25) is 9.69 Å². The van der Waals surface area contributed by atoms with Crippen molar-refractivity contribution in [2.45, 2.75) is 38.6 Å². The van der Waals surface area contributed by atoms with E-state index in [1.54, 1.807) is 0 Å². The Labute approximate surface area is 150 Å². The minimum absolute atomic E-state index is 0.266. The molecule has 0 aromatic heterocycles. The molecule has 2 aliphatic rings. The van der Waals surface area contributed by atoms with E-state index in [2.05, 4.69) is 65.6 Å². The van der Waals surface area contributed by atoms with Crippen LogP contribution in [0.5, 0.6) is 0 Å². The van der Waals surface area contributed by atoms with Crippen molar-refractivity contribution in [2.75, 3.05) is 13.1 Å². The lowest BCUT2D eigenvalue weighted by molar-refractivity contribution is -0.128. The van der Waals surface area contributed by atoms with Gasteiger partial charge in [0.1, 0.15) is 5.78 Å². The smallest absolute Gasteiger partial charge is 0.133 e. The molecule has 1 heterocycles. The molecule has 2 aromatic rings. The van der Waals surface area contributed by atoms with E-state index >= 15 is 0 Å². The Morgan fingerprint density at radius 2 is 1.64 bits per heavy atom. The maximum Gasteiger partial charge on any atom is 0.133 e. The second-order valence-electron chi connectivity index (χ2n) is 7.95. The fourth-order valence-corrected chi connectivity index (χ4v) is 4.93. The average Bonchev–Trinajstić information content (AvgIpc) is 2.64. The van der Waals surface area contributed by atoms with Crippen molar-refractivity contribution in [1.82, 2.24) is 4.90 Å². The highest BCUT2D eigenvalue weighted by atomic mass is 16.1. The topological polar surface area (TPSA) is 20.3 Å². The fourth-order valence-electron chi connectivity index (χ4n) is 4.93. The van der Waals surface area contributed by atoms with Crippen molar-refractivity contribution in [1.29, 1.82) is 0 Å². The van der Waals surface area contributed by atoms with E-state index in [4.69, 9.17) is 0 Å². The van der Waals surface area contributed by atoms with E-state index in [1.807, 2.05) is 0 Å². The number of piperidine rings is 1. The molecule has 1 aliphatic carbocycles. The van der Waals surface area contributed by atoms with Crippen LogP contribution in [0.4, 0.5) is 0 Å². The van der Waals surface area contributed by atoms with Crippen LogP contribution in [0.2, 0.25) is 0 Å². The predicted octanol–water partition coefficient (Wildman–Crippen LogP) is 4.49. The molecule has 0 radical (unpaired) electrons. The number of rotatable bonds is 4. The number of carbonyl (C=O) groups excluding carboxylic acids is 1. The lowest BCUT2D eigenvalue weighted by Crippen LogP contribution is -2.52. The van der Waals surface area contributed by atoms with Crippen molar-refractivity contribution in [2.24, 2.45) is 11.3 Å². The van der Waals surface area contributed by atoms with Gasteiger partial charge >= 0.3 is 0 Å². The number of hydrogen-bond donors (Lipinski definition) is 0. The van der Waals surface area contributed by atoms with Gasteiger partial charge in [-0.15, -0.1) is 0 Å². The number of carbonyl (C=O) groups is 1. The summed E-state index contributed by atoms with van der Waals surface area (Å²) in [7, 11) is 0. The van der Waals surface area contributed by atoms with Crippen LogP contribution in [0.3, 0.4) is 0 Å². The van der Waals surface area contributed by atoms with Crippen LogP contribution < -0.4 is 0 Å². The lowest BCUT2D eigenvalue weighted by Gasteiger charge is -2.51. The zero-order valence-corrected chi connectivity index (χ0v) is 14.9. The van der Waals surface area contributed by atoms with Gasteiger partial charge in [0.05, 0.1) is 0 Å². The molecule has 1 unspecified atom stereocenters. The average molecular weight is 333 g/mol. The summed E-state index contributed by atoms with van der Waals surface area (Å²) < 4.78 is 0. The van der Waals surface area contributed by atoms with Crippen LogP contribution in [0.1, 0.15) is 36.8 Å². The van der Waals surface area contributed by atoms with Crippen LogP contribution in [0, 0.1) is 11.3 Å². The lowest BCUT2D eigenvalue weighted by atomic mass is 9.60. The molecule has 0 N–H and O–H groups in total. The largest absolute Gasteiger partial charge is 0.300 e. The summed E-state index contributed by atoms with van der Waals surface area (Å²) in [5.41, 5.74) is 3.08. The summed E-state index contributed by atoms with van der Waals surface area (Å²) in [5, 5.41) is 0. The molecular formula is C23H27NO. The van der Waals surface area contributed by atoms with Gasteiger partial charge in [-0.05, 0) is 48.3 Å². The monoisotopic (exact) mass is 333 g/mol. The standard InChI is InChI=1S/C23H27NO/c25-22-11-13-23(16-19-7-3-1-4-8-19)18-24(14-12-21(23)15-22)17-20-9-5-2-6-10-20/h1-10,21H,11-18H2/t21-,23?/m0/s1. The van der Waals surface area contributed by atoms with E-state index in [-0.39, 0.29) is 5.41 Å². The Bertz CT molecular complexity index is 711. The summed E-state index contributed by atoms with van der Waals surface area (Å²) in [6.07, 6.45) is 4.88. The van der Waals surface area contributed by atoms with Gasteiger partial charge in [-0.25, -0.2) is 0 Å². The first-order chi connectivity index (χ1) is 12.2. The van der Waals surface area contributed by atoms with Gasteiger partial charge in [-0.2, -0.15) is 0 Å². The van der Waals surface area contributed by atoms with Gasteiger partial charge in [0.15, 0.2) is 0 Å². The Morgan fingerprint density at radius 3 is 2.36 bits per heavy atom. The Balaban J connectivity index is 1.55. The molecule has 2 atom stereocenters. The number of benzene rings is 2. The second kappa shape index (κ2) is 7.13. The molecule has 1 saturated carbocycles. The molecule has 2 heteroatoms. The van der Waals surface area contributed by atoms with Gasteiger partial charge in [0, 0.05) is 25.9 Å². The van der Waals surface area contributed by atoms with Crippen LogP contribution in [0.15, 0.2) is 60.7 Å². The van der Waals surface area contributed by atoms with E-state index in [0.29, 0.717) is 11.7 Å². The highest BCUT2D eigenvalue weighted by Crippen LogP contribution is 2.47. The van der Waals surface area contributed by atoms with E-state index in [0.717, 1.165) is 51.7 Å². The van der Waals surface area contributed by atoms with Crippen LogP contribution in [-0.4, -0.2) is 23.8 Å². The molecule has 130 valence electrons. The zero-order valence-electron chi connectivity index (χ0n) is 14.9. The zero-order chi connectivity index (χ0) is 17.1. The van der Waals surface area contributed by atoms with Crippen LogP contribution >= 0.6 is 0 Å². The van der Waals surface area contributed by atoms with Gasteiger partial charge in [0.25, 0.3) is 0 Å². The quantitative estimate of drug-likeness (QED) is 0.821. The third-order valence-corrected chi connectivity index (χ3v) is 6.22. The summed E-state index contributed by atoms with van der Waals surface area (Å²) in [4.78, 5) is 14.7. The van der Waals surface area contributed by atoms with Gasteiger partial charge in [0.2, 0.25) is 0 Å². The fraction of sp³-hybridized carbons (Fsp3) is 0.435. The number of hydrogen-bond acceptors (Lipinski definition) is 2. The number of ketones is 1. The molecule has 2 fully saturated rings. The first-order valence-electron chi connectivity index (χ1n) is 9.55. The summed E-state index contributed by atoms with van der Waals surface area (Å²) in [6, 6.07) is 21.6. The Kier molecular flexibility index (Phi) is 4.72. The van der Waals surface area contributed by atoms with Crippen molar-refractivity contribution >= 4 is 5.78 Å². The van der Waals surface area contributed by atoms with E-state index < -0.39 is 0 Å². The molecule has 1 saturated heterocycles. The van der Waals surface area contributed by atoms with E-state index in [1.165, 1.54) is 11.1 Å². The predicted molar refractivity (Wildman–Crippen MR) is 101 cm³/mol. The molecular weight excluding hydrogens is 306 g/mol. The second-order valence-corrected chi connectivity index (χ2v) is 7.95. The molecule has 2 nitrogen and oxygen atoms in total. The highest BCUT2D eigenvalue weighted by molar-refractivity contribution is 5.79. The highest BCUT2D eigenvalue weighted by Gasteiger charge is 2.46. The maximum atomic E-state index is 12.1.